The first-order chi connectivity index (χ1) is 16.5. The van der Waals surface area contributed by atoms with Gasteiger partial charge in [0.25, 0.3) is 0 Å². The Kier molecular flexibility index (Phi) is 10.8. The summed E-state index contributed by atoms with van der Waals surface area (Å²) < 4.78 is 16.3. The third kappa shape index (κ3) is 10.1. The van der Waals surface area contributed by atoms with Gasteiger partial charge in [0.2, 0.25) is 0 Å². The number of aryl methyl sites for hydroxylation is 1. The van der Waals surface area contributed by atoms with Crippen molar-refractivity contribution in [3.63, 3.8) is 0 Å². The van der Waals surface area contributed by atoms with Gasteiger partial charge >= 0.3 is 12.1 Å². The molecule has 0 radical (unpaired) electrons. The van der Waals surface area contributed by atoms with E-state index in [-0.39, 0.29) is 33.4 Å². The van der Waals surface area contributed by atoms with Crippen molar-refractivity contribution < 1.29 is 33.7 Å². The fraction of sp³-hybridized carbons (Fsp3) is 0.400. The first-order valence-electron chi connectivity index (χ1n) is 11.0. The number of rotatable bonds is 12. The van der Waals surface area contributed by atoms with Crippen LogP contribution in [-0.4, -0.2) is 54.9 Å². The molecular weight excluding hydrogens is 497 g/mol. The lowest BCUT2D eigenvalue weighted by atomic mass is 10.0. The van der Waals surface area contributed by atoms with Crippen LogP contribution >= 0.6 is 23.2 Å². The lowest BCUT2D eigenvalue weighted by molar-refractivity contribution is 0.0488. The largest absolute Gasteiger partial charge is 0.491 e. The maximum Gasteiger partial charge on any atom is 0.407 e. The molecule has 1 amide bonds. The molecule has 0 unspecified atom stereocenters. The second kappa shape index (κ2) is 13.3. The van der Waals surface area contributed by atoms with Crippen LogP contribution in [0.4, 0.5) is 4.79 Å². The summed E-state index contributed by atoms with van der Waals surface area (Å²) in [5.74, 6) is -0.813. The number of alkyl carbamates (subject to hydrolysis) is 1. The average Bonchev–Trinajstić information content (AvgIpc) is 2.75. The molecule has 0 atom stereocenters. The highest BCUT2D eigenvalue weighted by Crippen LogP contribution is 2.27. The van der Waals surface area contributed by atoms with Crippen molar-refractivity contribution in [2.45, 2.75) is 39.2 Å². The van der Waals surface area contributed by atoms with Gasteiger partial charge in [0.15, 0.2) is 5.78 Å². The molecule has 2 rings (SSSR count). The number of hydrogen-bond acceptors (Lipinski definition) is 6. The second-order valence-corrected chi connectivity index (χ2v) is 9.39. The molecule has 0 aromatic heterocycles. The van der Waals surface area contributed by atoms with Gasteiger partial charge in [-0.3, -0.25) is 4.79 Å². The molecule has 0 saturated carbocycles. The van der Waals surface area contributed by atoms with Gasteiger partial charge in [-0.05, 0) is 57.0 Å². The molecule has 10 heteroatoms. The third-order valence-corrected chi connectivity index (χ3v) is 5.12. The van der Waals surface area contributed by atoms with E-state index in [9.17, 15) is 14.4 Å². The van der Waals surface area contributed by atoms with E-state index in [4.69, 9.17) is 42.5 Å². The molecule has 190 valence electrons. The van der Waals surface area contributed by atoms with E-state index in [2.05, 4.69) is 5.32 Å². The fourth-order valence-corrected chi connectivity index (χ4v) is 3.64. The van der Waals surface area contributed by atoms with Crippen LogP contribution in [0.1, 0.15) is 53.5 Å². The smallest absolute Gasteiger partial charge is 0.407 e. The number of carbonyl (C=O) groups is 3. The van der Waals surface area contributed by atoms with Crippen LogP contribution in [0.3, 0.4) is 0 Å². The van der Waals surface area contributed by atoms with Crippen LogP contribution in [0, 0.1) is 0 Å². The number of nitrogens with one attached hydrogen (secondary N) is 1. The maximum absolute atomic E-state index is 12.5. The van der Waals surface area contributed by atoms with Gasteiger partial charge in [-0.1, -0.05) is 35.3 Å². The summed E-state index contributed by atoms with van der Waals surface area (Å²) in [6.07, 6.45) is 0.158. The topological polar surface area (TPSA) is 111 Å². The minimum Gasteiger partial charge on any atom is -0.491 e. The quantitative estimate of drug-likeness (QED) is 0.280. The summed E-state index contributed by atoms with van der Waals surface area (Å²) in [5.41, 5.74) is 0.390. The second-order valence-electron chi connectivity index (χ2n) is 8.58. The lowest BCUT2D eigenvalue weighted by Crippen LogP contribution is -2.34. The van der Waals surface area contributed by atoms with Gasteiger partial charge < -0.3 is 24.6 Å². The number of ether oxygens (including phenoxy) is 3. The summed E-state index contributed by atoms with van der Waals surface area (Å²) >= 11 is 11.9. The van der Waals surface area contributed by atoms with E-state index in [1.54, 1.807) is 26.8 Å². The van der Waals surface area contributed by atoms with Crippen molar-refractivity contribution in [3.05, 3.63) is 63.1 Å². The van der Waals surface area contributed by atoms with Crippen molar-refractivity contribution in [1.82, 2.24) is 5.32 Å². The number of carboxylic acid groups (broad SMARTS) is 1. The van der Waals surface area contributed by atoms with E-state index in [1.807, 2.05) is 18.2 Å². The molecule has 0 heterocycles. The third-order valence-electron chi connectivity index (χ3n) is 4.53. The molecular formula is C25H29Cl2NO7. The highest BCUT2D eigenvalue weighted by molar-refractivity contribution is 6.39. The number of Topliss-reactive ketones (excluding diaryl/α,β-unsaturated/α-hetero) is 1. The molecule has 0 aliphatic rings. The van der Waals surface area contributed by atoms with Crippen LogP contribution in [0.25, 0.3) is 0 Å². The summed E-state index contributed by atoms with van der Waals surface area (Å²) in [5, 5.41) is 11.6. The van der Waals surface area contributed by atoms with E-state index in [1.165, 1.54) is 12.1 Å². The molecule has 0 spiro atoms. The van der Waals surface area contributed by atoms with Gasteiger partial charge in [-0.15, -0.1) is 0 Å². The van der Waals surface area contributed by atoms with Crippen molar-refractivity contribution in [2.75, 3.05) is 26.4 Å². The monoisotopic (exact) mass is 525 g/mol. The molecule has 0 aliphatic heterocycles. The zero-order chi connectivity index (χ0) is 26.0. The van der Waals surface area contributed by atoms with Gasteiger partial charge in [0, 0.05) is 18.5 Å². The van der Waals surface area contributed by atoms with Gasteiger partial charge in [0.05, 0.1) is 28.8 Å². The number of aromatic carboxylic acids is 1. The maximum atomic E-state index is 12.5. The zero-order valence-corrected chi connectivity index (χ0v) is 21.4. The Balaban J connectivity index is 1.74. The van der Waals surface area contributed by atoms with Crippen molar-refractivity contribution in [2.24, 2.45) is 0 Å². The normalized spacial score (nSPS) is 11.1. The molecule has 8 nitrogen and oxygen atoms in total. The fourth-order valence-electron chi connectivity index (χ4n) is 2.99. The van der Waals surface area contributed by atoms with Crippen molar-refractivity contribution in [1.29, 1.82) is 0 Å². The van der Waals surface area contributed by atoms with Crippen LogP contribution < -0.4 is 10.1 Å². The molecule has 0 fully saturated rings. The molecule has 0 bridgehead atoms. The first-order valence-corrected chi connectivity index (χ1v) is 11.7. The first kappa shape index (κ1) is 28.4. The Hall–Kier alpha value is -2.81. The summed E-state index contributed by atoms with van der Waals surface area (Å²) in [6.45, 7) is 6.69. The predicted octanol–water partition coefficient (Wildman–Crippen LogP) is 5.43. The van der Waals surface area contributed by atoms with E-state index < -0.39 is 17.7 Å². The zero-order valence-electron chi connectivity index (χ0n) is 19.9. The number of carbonyl (C=O) groups excluding carboxylic acids is 2. The van der Waals surface area contributed by atoms with E-state index >= 15 is 0 Å². The van der Waals surface area contributed by atoms with E-state index in [0.717, 1.165) is 5.56 Å². The predicted molar refractivity (Wildman–Crippen MR) is 133 cm³/mol. The molecule has 35 heavy (non-hydrogen) atoms. The van der Waals surface area contributed by atoms with Crippen LogP contribution in [0.5, 0.6) is 5.75 Å². The summed E-state index contributed by atoms with van der Waals surface area (Å²) in [4.78, 5) is 35.3. The highest BCUT2D eigenvalue weighted by atomic mass is 35.5. The van der Waals surface area contributed by atoms with Gasteiger partial charge in [0.1, 0.15) is 18.0 Å². The van der Waals surface area contributed by atoms with E-state index in [0.29, 0.717) is 38.5 Å². The Morgan fingerprint density at radius 2 is 1.69 bits per heavy atom. The number of ketones is 1. The molecule has 2 aromatic carbocycles. The Bertz CT molecular complexity index is 1030. The van der Waals surface area contributed by atoms with Crippen molar-refractivity contribution in [3.8, 4) is 5.75 Å². The summed E-state index contributed by atoms with van der Waals surface area (Å²) in [7, 11) is 0. The number of hydrogen-bond donors (Lipinski definition) is 2. The Labute approximate surface area is 214 Å². The Morgan fingerprint density at radius 1 is 1.00 bits per heavy atom. The number of carboxylic acids is 1. The average molecular weight is 526 g/mol. The molecule has 0 aliphatic carbocycles. The van der Waals surface area contributed by atoms with Gasteiger partial charge in [-0.25, -0.2) is 9.59 Å². The summed E-state index contributed by atoms with van der Waals surface area (Å²) in [6, 6.07) is 10.00. The SMILES string of the molecule is CC(C)(C)OC(=O)NCCOCCOc1cccc(CCC(=O)c2cc(Cl)c(C(=O)O)c(Cl)c2)c1. The molecule has 0 saturated heterocycles. The van der Waals surface area contributed by atoms with Crippen LogP contribution in [-0.2, 0) is 15.9 Å². The molecule has 2 aromatic rings. The number of amides is 1. The number of halogens is 2. The highest BCUT2D eigenvalue weighted by Gasteiger charge is 2.18. The number of benzene rings is 2. The van der Waals surface area contributed by atoms with Crippen LogP contribution in [0.15, 0.2) is 36.4 Å². The molecule has 2 N–H and O–H groups in total. The van der Waals surface area contributed by atoms with Crippen LogP contribution in [0.2, 0.25) is 10.0 Å². The minimum absolute atomic E-state index is 0.0772. The van der Waals surface area contributed by atoms with Gasteiger partial charge in [-0.2, -0.15) is 0 Å². The lowest BCUT2D eigenvalue weighted by Gasteiger charge is -2.19. The minimum atomic E-state index is -1.25. The standard InChI is InChI=1S/C25H29Cl2NO7/c1-25(2,3)35-24(32)28-9-10-33-11-12-34-18-6-4-5-16(13-18)7-8-21(29)17-14-19(26)22(23(30)31)20(27)15-17/h4-6,13-15H,7-12H2,1-3H3,(H,28,32)(H,30,31). The van der Waals surface area contributed by atoms with Crippen molar-refractivity contribution >= 4 is 41.0 Å². The Morgan fingerprint density at radius 3 is 2.31 bits per heavy atom.